The summed E-state index contributed by atoms with van der Waals surface area (Å²) in [5.41, 5.74) is -4.14. The largest absolute Gasteiger partial charge is 0.741 e. The quantitative estimate of drug-likeness (QED) is 0.299. The van der Waals surface area contributed by atoms with E-state index in [1.54, 1.807) is 24.5 Å². The van der Waals surface area contributed by atoms with E-state index in [-0.39, 0.29) is 5.57 Å². The Kier molecular flexibility index (Phi) is 7.07. The van der Waals surface area contributed by atoms with Crippen molar-refractivity contribution < 1.29 is 43.8 Å². The number of fused-ring (bicyclic) bond motifs is 1. The number of alkyl halides is 3. The second-order valence-corrected chi connectivity index (χ2v) is 8.47. The number of rotatable bonds is 3. The van der Waals surface area contributed by atoms with Gasteiger partial charge >= 0.3 is 5.51 Å². The van der Waals surface area contributed by atoms with Gasteiger partial charge in [0.2, 0.25) is 0 Å². The predicted molar refractivity (Wildman–Crippen MR) is 95.7 cm³/mol. The number of piperidine rings is 1. The maximum absolute atomic E-state index is 13.5. The number of nitrogens with zero attached hydrogens (tertiary/aromatic N) is 1. The van der Waals surface area contributed by atoms with Crippen LogP contribution >= 0.6 is 0 Å². The van der Waals surface area contributed by atoms with Crippen molar-refractivity contribution in [3.05, 3.63) is 42.2 Å². The summed E-state index contributed by atoms with van der Waals surface area (Å²) in [6.45, 7) is 2.35. The van der Waals surface area contributed by atoms with Crippen LogP contribution in [0.25, 0.3) is 16.5 Å². The van der Waals surface area contributed by atoms with E-state index in [9.17, 15) is 22.0 Å². The standard InChI is InChI=1S/C17H20F2NO.CHF3O3S/c1-20(8-3-2-4-9-20)12-15(17(18)19)13-5-6-16-14(11-13)7-10-21-16;2-1(3,4)8(5,6)7/h5-7,10-11H,2-4,8-9,12H2,1H3;(H,5,6,7)/q+1;/p-1. The summed E-state index contributed by atoms with van der Waals surface area (Å²) < 4.78 is 91.8. The molecule has 29 heavy (non-hydrogen) atoms. The summed E-state index contributed by atoms with van der Waals surface area (Å²) in [6.07, 6.45) is 3.48. The van der Waals surface area contributed by atoms with Crippen molar-refractivity contribution in [2.75, 3.05) is 26.7 Å². The van der Waals surface area contributed by atoms with Gasteiger partial charge < -0.3 is 13.5 Å². The molecule has 1 fully saturated rings. The van der Waals surface area contributed by atoms with E-state index in [4.69, 9.17) is 17.4 Å². The molecule has 0 radical (unpaired) electrons. The zero-order valence-electron chi connectivity index (χ0n) is 15.5. The molecular weight excluding hydrogens is 421 g/mol. The first-order chi connectivity index (χ1) is 13.3. The third-order valence-corrected chi connectivity index (χ3v) is 5.32. The van der Waals surface area contributed by atoms with E-state index in [1.807, 2.05) is 6.07 Å². The third-order valence-electron chi connectivity index (χ3n) is 4.75. The van der Waals surface area contributed by atoms with E-state index in [0.29, 0.717) is 16.6 Å². The van der Waals surface area contributed by atoms with Crippen LogP contribution in [0.4, 0.5) is 22.0 Å². The highest BCUT2D eigenvalue weighted by molar-refractivity contribution is 7.86. The average Bonchev–Trinajstić information content (AvgIpc) is 3.06. The Hall–Kier alpha value is -1.98. The predicted octanol–water partition coefficient (Wildman–Crippen LogP) is 4.72. The fraction of sp³-hybridized carbons (Fsp3) is 0.444. The molecule has 1 saturated heterocycles. The molecule has 11 heteroatoms. The van der Waals surface area contributed by atoms with Crippen LogP contribution in [0, 0.1) is 0 Å². The minimum Gasteiger partial charge on any atom is -0.741 e. The van der Waals surface area contributed by atoms with Crippen LogP contribution in [0.15, 0.2) is 41.0 Å². The van der Waals surface area contributed by atoms with Crippen molar-refractivity contribution in [3.63, 3.8) is 0 Å². The van der Waals surface area contributed by atoms with Crippen LogP contribution in [0.3, 0.4) is 0 Å². The lowest BCUT2D eigenvalue weighted by atomic mass is 10.0. The van der Waals surface area contributed by atoms with E-state index in [2.05, 4.69) is 7.05 Å². The SMILES string of the molecule is C[N+]1(CC(=C(F)F)c2ccc3occc3c2)CCCCC1.O=S(=O)([O-])C(F)(F)F. The van der Waals surface area contributed by atoms with Crippen molar-refractivity contribution in [1.29, 1.82) is 0 Å². The van der Waals surface area contributed by atoms with Crippen LogP contribution in [0.1, 0.15) is 24.8 Å². The molecule has 0 unspecified atom stereocenters. The lowest BCUT2D eigenvalue weighted by Crippen LogP contribution is -2.48. The van der Waals surface area contributed by atoms with Gasteiger partial charge in [0, 0.05) is 5.39 Å². The van der Waals surface area contributed by atoms with E-state index >= 15 is 0 Å². The molecule has 2 aromatic rings. The maximum atomic E-state index is 13.5. The normalized spacial score (nSPS) is 16.8. The number of quaternary nitrogens is 1. The second kappa shape index (κ2) is 8.80. The maximum Gasteiger partial charge on any atom is 0.485 e. The molecule has 5 nitrogen and oxygen atoms in total. The molecule has 0 atom stereocenters. The Morgan fingerprint density at radius 1 is 1.14 bits per heavy atom. The summed E-state index contributed by atoms with van der Waals surface area (Å²) in [7, 11) is -4.01. The molecule has 0 N–H and O–H groups in total. The summed E-state index contributed by atoms with van der Waals surface area (Å²) >= 11 is 0. The Labute approximate surface area is 164 Å². The average molecular weight is 441 g/mol. The monoisotopic (exact) mass is 441 g/mol. The van der Waals surface area contributed by atoms with Crippen LogP contribution in [0.2, 0.25) is 0 Å². The molecule has 162 valence electrons. The van der Waals surface area contributed by atoms with Gasteiger partial charge in [0.1, 0.15) is 12.1 Å². The summed E-state index contributed by atoms with van der Waals surface area (Å²) in [5, 5.41) is 0.868. The Bertz CT molecular complexity index is 972. The number of likely N-dealkylation sites (N-methyl/N-ethyl adjacent to an activating group) is 1. The number of halogens is 5. The third kappa shape index (κ3) is 6.25. The molecule has 3 rings (SSSR count). The topological polar surface area (TPSA) is 70.3 Å². The summed E-state index contributed by atoms with van der Waals surface area (Å²) in [5.74, 6) is 0. The van der Waals surface area contributed by atoms with Gasteiger partial charge in [0.15, 0.2) is 10.1 Å². The van der Waals surface area contributed by atoms with Crippen molar-refractivity contribution >= 4 is 26.7 Å². The highest BCUT2D eigenvalue weighted by atomic mass is 32.2. The molecule has 0 bridgehead atoms. The van der Waals surface area contributed by atoms with Gasteiger partial charge in [-0.25, -0.2) is 8.42 Å². The molecule has 0 spiro atoms. The smallest absolute Gasteiger partial charge is 0.485 e. The molecule has 1 aromatic carbocycles. The molecule has 0 saturated carbocycles. The molecule has 1 aliphatic heterocycles. The summed E-state index contributed by atoms with van der Waals surface area (Å²) in [4.78, 5) is 0. The van der Waals surface area contributed by atoms with Gasteiger partial charge in [0.05, 0.1) is 32.0 Å². The highest BCUT2D eigenvalue weighted by Gasteiger charge is 2.37. The number of benzene rings is 1. The lowest BCUT2D eigenvalue weighted by Gasteiger charge is -2.38. The van der Waals surface area contributed by atoms with Gasteiger partial charge in [-0.1, -0.05) is 6.07 Å². The van der Waals surface area contributed by atoms with Crippen molar-refractivity contribution in [1.82, 2.24) is 0 Å². The first-order valence-electron chi connectivity index (χ1n) is 8.70. The molecule has 0 aliphatic carbocycles. The van der Waals surface area contributed by atoms with Crippen molar-refractivity contribution in [2.45, 2.75) is 24.8 Å². The second-order valence-electron chi connectivity index (χ2n) is 7.10. The number of likely N-dealkylation sites (tertiary alicyclic amines) is 1. The zero-order valence-corrected chi connectivity index (χ0v) is 16.3. The van der Waals surface area contributed by atoms with Crippen LogP contribution < -0.4 is 0 Å². The van der Waals surface area contributed by atoms with Gasteiger partial charge in [-0.3, -0.25) is 0 Å². The minimum atomic E-state index is -6.09. The van der Waals surface area contributed by atoms with E-state index < -0.39 is 21.7 Å². The molecule has 1 aliphatic rings. The van der Waals surface area contributed by atoms with E-state index in [1.165, 1.54) is 6.42 Å². The molecular formula is C18H20F5NO4S. The van der Waals surface area contributed by atoms with Crippen LogP contribution in [-0.4, -0.2) is 49.6 Å². The zero-order chi connectivity index (χ0) is 21.9. The first kappa shape index (κ1) is 23.3. The van der Waals surface area contributed by atoms with Gasteiger partial charge in [-0.05, 0) is 43.0 Å². The Morgan fingerprint density at radius 2 is 1.72 bits per heavy atom. The number of hydrogen-bond donors (Lipinski definition) is 0. The van der Waals surface area contributed by atoms with Gasteiger partial charge in [0.25, 0.3) is 6.08 Å². The summed E-state index contributed by atoms with van der Waals surface area (Å²) in [6, 6.07) is 7.10. The molecule has 0 amide bonds. The van der Waals surface area contributed by atoms with E-state index in [0.717, 1.165) is 36.9 Å². The highest BCUT2D eigenvalue weighted by Crippen LogP contribution is 2.29. The fourth-order valence-corrected chi connectivity index (χ4v) is 3.23. The first-order valence-corrected chi connectivity index (χ1v) is 10.1. The van der Waals surface area contributed by atoms with Gasteiger partial charge in [-0.2, -0.15) is 22.0 Å². The van der Waals surface area contributed by atoms with Crippen LogP contribution in [-0.2, 0) is 10.1 Å². The van der Waals surface area contributed by atoms with Crippen molar-refractivity contribution in [3.8, 4) is 0 Å². The Morgan fingerprint density at radius 3 is 2.24 bits per heavy atom. The molecule has 2 heterocycles. The lowest BCUT2D eigenvalue weighted by molar-refractivity contribution is -0.906. The van der Waals surface area contributed by atoms with Crippen LogP contribution in [0.5, 0.6) is 0 Å². The minimum absolute atomic E-state index is 0.169. The van der Waals surface area contributed by atoms with Gasteiger partial charge in [-0.15, -0.1) is 0 Å². The number of hydrogen-bond acceptors (Lipinski definition) is 4. The fourth-order valence-electron chi connectivity index (χ4n) is 3.23. The van der Waals surface area contributed by atoms with Crippen molar-refractivity contribution in [2.24, 2.45) is 0 Å². The Balaban J connectivity index is 0.000000321. The number of furan rings is 1. The molecule has 1 aromatic heterocycles.